The number of benzene rings is 1. The molecule has 0 spiro atoms. The molecule has 0 saturated heterocycles. The topological polar surface area (TPSA) is 111 Å². The van der Waals surface area contributed by atoms with Gasteiger partial charge in [-0.15, -0.1) is 0 Å². The third-order valence-corrected chi connectivity index (χ3v) is 11.2. The van der Waals surface area contributed by atoms with Crippen LogP contribution in [0.4, 0.5) is 0 Å². The summed E-state index contributed by atoms with van der Waals surface area (Å²) in [7, 11) is 0. The number of aromatic nitrogens is 4. The average molecular weight is 643 g/mol. The van der Waals surface area contributed by atoms with Gasteiger partial charge in [0, 0.05) is 32.5 Å². The Morgan fingerprint density at radius 2 is 1.36 bits per heavy atom. The molecule has 2 N–H and O–H groups in total. The zero-order valence-corrected chi connectivity index (χ0v) is 28.8. The lowest BCUT2D eigenvalue weighted by atomic mass is 9.49. The van der Waals surface area contributed by atoms with E-state index in [4.69, 9.17) is 0 Å². The molecule has 9 heteroatoms. The Labute approximate surface area is 279 Å². The van der Waals surface area contributed by atoms with Gasteiger partial charge in [-0.05, 0) is 114 Å². The maximum Gasteiger partial charge on any atom is 0.295 e. The van der Waals surface area contributed by atoms with E-state index in [-0.39, 0.29) is 17.4 Å². The molecule has 4 fully saturated rings. The summed E-state index contributed by atoms with van der Waals surface area (Å²) in [5.74, 6) is 2.99. The Morgan fingerprint density at radius 1 is 0.787 bits per heavy atom. The van der Waals surface area contributed by atoms with Crippen LogP contribution in [0.3, 0.4) is 0 Å². The highest BCUT2D eigenvalue weighted by molar-refractivity contribution is 5.83. The quantitative estimate of drug-likeness (QED) is 0.174. The highest BCUT2D eigenvalue weighted by Crippen LogP contribution is 2.61. The largest absolute Gasteiger partial charge is 0.356 e. The summed E-state index contributed by atoms with van der Waals surface area (Å²) >= 11 is 0. The minimum absolute atomic E-state index is 0.0135. The summed E-state index contributed by atoms with van der Waals surface area (Å²) < 4.78 is 3.26. The first-order chi connectivity index (χ1) is 22.7. The summed E-state index contributed by atoms with van der Waals surface area (Å²) in [5.41, 5.74) is 4.25. The molecule has 0 aliphatic heterocycles. The fourth-order valence-electron chi connectivity index (χ4n) is 9.37. The molecule has 0 radical (unpaired) electrons. The van der Waals surface area contributed by atoms with E-state index in [1.54, 1.807) is 4.68 Å². The van der Waals surface area contributed by atoms with Crippen LogP contribution in [0.15, 0.2) is 29.1 Å². The lowest BCUT2D eigenvalue weighted by molar-refractivity contribution is -0.129. The highest BCUT2D eigenvalue weighted by Gasteiger charge is 2.51. The number of nitrogens with zero attached hydrogens (tertiary/aromatic N) is 4. The number of hydrogen-bond donors (Lipinski definition) is 2. The van der Waals surface area contributed by atoms with Crippen molar-refractivity contribution in [2.24, 2.45) is 23.2 Å². The van der Waals surface area contributed by atoms with Crippen LogP contribution < -0.4 is 16.2 Å². The normalized spacial score (nSPS) is 23.0. The van der Waals surface area contributed by atoms with Crippen LogP contribution in [0.2, 0.25) is 0 Å². The first-order valence-corrected chi connectivity index (χ1v) is 18.3. The second-order valence-corrected chi connectivity index (χ2v) is 15.2. The van der Waals surface area contributed by atoms with Crippen LogP contribution >= 0.6 is 0 Å². The number of carbonyl (C=O) groups is 2. The van der Waals surface area contributed by atoms with Gasteiger partial charge in [0.25, 0.3) is 5.56 Å². The molecule has 1 aromatic carbocycles. The molecule has 47 heavy (non-hydrogen) atoms. The summed E-state index contributed by atoms with van der Waals surface area (Å²) in [6, 6.07) is 8.06. The number of carbonyl (C=O) groups excluding carboxylic acids is 2. The van der Waals surface area contributed by atoms with Crippen LogP contribution in [-0.4, -0.2) is 44.5 Å². The van der Waals surface area contributed by atoms with Crippen molar-refractivity contribution in [3.05, 3.63) is 51.6 Å². The monoisotopic (exact) mass is 642 g/mol. The Morgan fingerprint density at radius 3 is 1.98 bits per heavy atom. The molecule has 3 aromatic rings. The van der Waals surface area contributed by atoms with Crippen molar-refractivity contribution in [1.29, 1.82) is 0 Å². The van der Waals surface area contributed by atoms with Crippen molar-refractivity contribution in [2.75, 3.05) is 13.1 Å². The minimum Gasteiger partial charge on any atom is -0.356 e. The molecule has 4 aliphatic rings. The second kappa shape index (κ2) is 14.7. The number of nitrogens with one attached hydrogen (secondary N) is 2. The summed E-state index contributed by atoms with van der Waals surface area (Å²) in [6.07, 6.45) is 16.4. The first kappa shape index (κ1) is 33.4. The van der Waals surface area contributed by atoms with Crippen LogP contribution in [0, 0.1) is 43.9 Å². The van der Waals surface area contributed by atoms with E-state index in [9.17, 15) is 14.4 Å². The minimum atomic E-state index is -0.222. The molecule has 0 atom stereocenters. The third-order valence-electron chi connectivity index (χ3n) is 11.2. The van der Waals surface area contributed by atoms with Crippen LogP contribution in [0.1, 0.15) is 113 Å². The van der Waals surface area contributed by atoms with Gasteiger partial charge in [-0.2, -0.15) is 10.2 Å². The van der Waals surface area contributed by atoms with Crippen LogP contribution in [0.5, 0.6) is 0 Å². The Kier molecular flexibility index (Phi) is 10.5. The zero-order valence-electron chi connectivity index (χ0n) is 28.8. The summed E-state index contributed by atoms with van der Waals surface area (Å²) in [5, 5.41) is 16.2. The van der Waals surface area contributed by atoms with Gasteiger partial charge in [0.05, 0.1) is 22.5 Å². The van der Waals surface area contributed by atoms with Crippen LogP contribution in [0.25, 0.3) is 16.6 Å². The average Bonchev–Trinajstić information content (AvgIpc) is 3.37. The zero-order chi connectivity index (χ0) is 33.0. The molecule has 0 unspecified atom stereocenters. The molecular formula is C38H54N6O3. The van der Waals surface area contributed by atoms with E-state index in [0.29, 0.717) is 36.9 Å². The highest BCUT2D eigenvalue weighted by atomic mass is 16.2. The molecule has 7 rings (SSSR count). The van der Waals surface area contributed by atoms with Gasteiger partial charge in [0.1, 0.15) is 0 Å². The van der Waals surface area contributed by atoms with E-state index in [1.165, 1.54) is 48.8 Å². The number of hydrogen-bond acceptors (Lipinski definition) is 5. The predicted octanol–water partition coefficient (Wildman–Crippen LogP) is 6.47. The molecule has 9 nitrogen and oxygen atoms in total. The van der Waals surface area contributed by atoms with E-state index in [0.717, 1.165) is 91.7 Å². The SMILES string of the molecule is Cc1ccc(-n2nc3c(=O)n(CCCC(=O)NCCCCCCCCNC(=O)CC45CC6CC(CC(C6)C4)C5)nc(C)c3c2C)cc1. The van der Waals surface area contributed by atoms with Crippen LogP contribution in [-0.2, 0) is 16.1 Å². The standard InChI is InChI=1S/C38H54N6O3/c1-26-12-14-32(15-13-26)44-28(3)35-27(2)41-43(37(47)36(35)42-44)18-10-11-33(45)39-16-8-6-4-5-7-9-17-40-34(46)25-38-22-29-19-30(23-38)21-31(20-29)24-38/h12-15,29-31H,4-11,16-25H2,1-3H3,(H,39,45)(H,40,46). The first-order valence-electron chi connectivity index (χ1n) is 18.3. The predicted molar refractivity (Wildman–Crippen MR) is 186 cm³/mol. The number of aryl methyl sites for hydroxylation is 4. The van der Waals surface area contributed by atoms with Crippen molar-refractivity contribution < 1.29 is 9.59 Å². The summed E-state index contributed by atoms with van der Waals surface area (Å²) in [6.45, 7) is 7.76. The Hall–Kier alpha value is -3.49. The fraction of sp³-hybridized carbons (Fsp3) is 0.658. The number of rotatable bonds is 16. The molecule has 4 bridgehead atoms. The second-order valence-electron chi connectivity index (χ2n) is 15.2. The lowest BCUT2D eigenvalue weighted by Gasteiger charge is -2.56. The molecule has 4 saturated carbocycles. The Balaban J connectivity index is 0.819. The maximum atomic E-state index is 13.2. The van der Waals surface area contributed by atoms with Crippen molar-refractivity contribution >= 4 is 22.7 Å². The van der Waals surface area contributed by atoms with E-state index >= 15 is 0 Å². The molecule has 4 aliphatic carbocycles. The number of unbranched alkanes of at least 4 members (excludes halogenated alkanes) is 5. The van der Waals surface area contributed by atoms with Crippen molar-refractivity contribution in [3.8, 4) is 5.69 Å². The van der Waals surface area contributed by atoms with Gasteiger partial charge in [0.2, 0.25) is 11.8 Å². The van der Waals surface area contributed by atoms with Crippen molar-refractivity contribution in [1.82, 2.24) is 30.2 Å². The van der Waals surface area contributed by atoms with Crippen molar-refractivity contribution in [2.45, 2.75) is 124 Å². The fourth-order valence-corrected chi connectivity index (χ4v) is 9.37. The molecule has 2 aromatic heterocycles. The van der Waals surface area contributed by atoms with E-state index < -0.39 is 0 Å². The van der Waals surface area contributed by atoms with E-state index in [2.05, 4.69) is 20.8 Å². The molecule has 2 heterocycles. The number of amides is 2. The smallest absolute Gasteiger partial charge is 0.295 e. The van der Waals surface area contributed by atoms with Gasteiger partial charge in [0.15, 0.2) is 5.52 Å². The molecule has 254 valence electrons. The third kappa shape index (κ3) is 7.98. The Bertz CT molecular complexity index is 1590. The van der Waals surface area contributed by atoms with E-state index in [1.807, 2.05) is 45.0 Å². The van der Waals surface area contributed by atoms with Gasteiger partial charge in [-0.1, -0.05) is 43.4 Å². The lowest BCUT2D eigenvalue weighted by Crippen LogP contribution is -2.48. The number of fused-ring (bicyclic) bond motifs is 1. The molecule has 2 amide bonds. The maximum absolute atomic E-state index is 13.2. The van der Waals surface area contributed by atoms with Gasteiger partial charge < -0.3 is 10.6 Å². The summed E-state index contributed by atoms with van der Waals surface area (Å²) in [4.78, 5) is 38.3. The van der Waals surface area contributed by atoms with Gasteiger partial charge in [-0.3, -0.25) is 14.4 Å². The van der Waals surface area contributed by atoms with Gasteiger partial charge >= 0.3 is 0 Å². The van der Waals surface area contributed by atoms with Gasteiger partial charge in [-0.25, -0.2) is 9.36 Å². The van der Waals surface area contributed by atoms with Crippen molar-refractivity contribution in [3.63, 3.8) is 0 Å². The molecular weight excluding hydrogens is 588 g/mol.